The van der Waals surface area contributed by atoms with Crippen molar-refractivity contribution in [2.75, 3.05) is 0 Å². The third kappa shape index (κ3) is 2.25. The molecule has 0 radical (unpaired) electrons. The summed E-state index contributed by atoms with van der Waals surface area (Å²) in [5.74, 6) is -0.812. The van der Waals surface area contributed by atoms with Gasteiger partial charge in [0.25, 0.3) is 0 Å². The van der Waals surface area contributed by atoms with Crippen LogP contribution in [-0.2, 0) is 4.79 Å². The maximum absolute atomic E-state index is 12.4. The minimum atomic E-state index is -0.732. The number of aromatic amines is 2. The molecule has 1 atom stereocenters. The van der Waals surface area contributed by atoms with Crippen LogP contribution in [0.1, 0.15) is 25.3 Å². The monoisotopic (exact) mass is 348 g/mol. The number of aliphatic hydroxyl groups excluding tert-OH is 1. The van der Waals surface area contributed by atoms with E-state index in [0.717, 1.165) is 11.3 Å². The van der Waals surface area contributed by atoms with Crippen LogP contribution in [0.3, 0.4) is 0 Å². The molecule has 1 aliphatic carbocycles. The zero-order valence-electron chi connectivity index (χ0n) is 12.6. The molecule has 0 aliphatic heterocycles. The molecule has 1 aromatic heterocycles. The normalized spacial score (nSPS) is 20.3. The van der Waals surface area contributed by atoms with Crippen molar-refractivity contribution in [1.29, 1.82) is 0 Å². The summed E-state index contributed by atoms with van der Waals surface area (Å²) in [5.41, 5.74) is 6.50. The van der Waals surface area contributed by atoms with E-state index in [1.807, 2.05) is 24.3 Å². The summed E-state index contributed by atoms with van der Waals surface area (Å²) in [6.07, 6.45) is 0. The van der Waals surface area contributed by atoms with Gasteiger partial charge in [0.05, 0.1) is 11.6 Å². The summed E-state index contributed by atoms with van der Waals surface area (Å²) in [4.78, 5) is 12.4. The van der Waals surface area contributed by atoms with Gasteiger partial charge in [-0.1, -0.05) is 26.0 Å². The third-order valence-corrected chi connectivity index (χ3v) is 4.85. The third-order valence-electron chi connectivity index (χ3n) is 4.28. The fourth-order valence-electron chi connectivity index (χ4n) is 3.01. The molecule has 0 bridgehead atoms. The van der Waals surface area contributed by atoms with Gasteiger partial charge in [0.2, 0.25) is 0 Å². The molecule has 1 heterocycles. The highest BCUT2D eigenvalue weighted by Gasteiger charge is 2.48. The molecule has 23 heavy (non-hydrogen) atoms. The Hall–Kier alpha value is -2.19. The topological polar surface area (TPSA) is 99.8 Å². The molecule has 1 aromatic carbocycles. The lowest BCUT2D eigenvalue weighted by Crippen LogP contribution is -2.24. The van der Waals surface area contributed by atoms with Crippen molar-refractivity contribution >= 4 is 30.2 Å². The number of aliphatic hydroxyl groups is 1. The molecule has 5 N–H and O–H groups in total. The van der Waals surface area contributed by atoms with Crippen LogP contribution in [0.4, 0.5) is 0 Å². The number of Topliss-reactive ketones (excluding diaryl/α,β-unsaturated/α-hetero) is 1. The van der Waals surface area contributed by atoms with Gasteiger partial charge in [-0.25, -0.2) is 0 Å². The van der Waals surface area contributed by atoms with Gasteiger partial charge in [0, 0.05) is 5.41 Å². The Morgan fingerprint density at radius 1 is 1.17 bits per heavy atom. The Kier molecular flexibility index (Phi) is 3.53. The van der Waals surface area contributed by atoms with Crippen LogP contribution in [0.2, 0.25) is 0 Å². The summed E-state index contributed by atoms with van der Waals surface area (Å²) < 4.78 is 2.60. The van der Waals surface area contributed by atoms with Crippen molar-refractivity contribution in [3.8, 4) is 5.69 Å². The van der Waals surface area contributed by atoms with Crippen LogP contribution in [0, 0.1) is 15.0 Å². The molecule has 120 valence electrons. The van der Waals surface area contributed by atoms with E-state index >= 15 is 0 Å². The number of ketones is 1. The maximum Gasteiger partial charge on any atom is 0.198 e. The number of nitrogens with two attached hydrogens (primary N) is 1. The Morgan fingerprint density at radius 3 is 2.13 bits per heavy atom. The molecular formula is C15H16N4O2S2. The van der Waals surface area contributed by atoms with Crippen molar-refractivity contribution < 1.29 is 9.90 Å². The lowest BCUT2D eigenvalue weighted by molar-refractivity contribution is -0.117. The van der Waals surface area contributed by atoms with Gasteiger partial charge in [-0.2, -0.15) is 0 Å². The van der Waals surface area contributed by atoms with Crippen molar-refractivity contribution in [2.45, 2.75) is 19.8 Å². The average Bonchev–Trinajstić information content (AvgIpc) is 2.91. The highest BCUT2D eigenvalue weighted by molar-refractivity contribution is 7.72. The molecule has 1 aliphatic rings. The van der Waals surface area contributed by atoms with Gasteiger partial charge < -0.3 is 10.8 Å². The van der Waals surface area contributed by atoms with E-state index in [0.29, 0.717) is 9.54 Å². The summed E-state index contributed by atoms with van der Waals surface area (Å²) >= 11 is 10.4. The van der Waals surface area contributed by atoms with Crippen molar-refractivity contribution in [3.63, 3.8) is 0 Å². The number of hydrogen-bond acceptors (Lipinski definition) is 5. The molecule has 6 nitrogen and oxygen atoms in total. The molecular weight excluding hydrogens is 332 g/mol. The highest BCUT2D eigenvalue weighted by Crippen LogP contribution is 2.47. The van der Waals surface area contributed by atoms with E-state index in [-0.39, 0.29) is 17.2 Å². The molecule has 0 fully saturated rings. The van der Waals surface area contributed by atoms with E-state index in [4.69, 9.17) is 30.2 Å². The van der Waals surface area contributed by atoms with Gasteiger partial charge in [0.15, 0.2) is 15.3 Å². The number of aromatic nitrogens is 3. The van der Waals surface area contributed by atoms with Gasteiger partial charge in [-0.3, -0.25) is 19.6 Å². The van der Waals surface area contributed by atoms with Gasteiger partial charge in [-0.05, 0) is 42.1 Å². The van der Waals surface area contributed by atoms with Crippen molar-refractivity contribution in [3.05, 3.63) is 50.8 Å². The number of benzene rings is 1. The predicted octanol–water partition coefficient (Wildman–Crippen LogP) is 3.01. The van der Waals surface area contributed by atoms with E-state index in [1.165, 1.54) is 0 Å². The van der Waals surface area contributed by atoms with Gasteiger partial charge >= 0.3 is 0 Å². The first-order chi connectivity index (χ1) is 10.7. The fourth-order valence-corrected chi connectivity index (χ4v) is 3.57. The maximum atomic E-state index is 12.4. The summed E-state index contributed by atoms with van der Waals surface area (Å²) in [5, 5.41) is 15.6. The number of nitrogens with one attached hydrogen (secondary N) is 2. The molecule has 3 rings (SSSR count). The number of carbonyl (C=O) groups excluding carboxylic acids is 1. The van der Waals surface area contributed by atoms with Crippen LogP contribution < -0.4 is 5.73 Å². The minimum Gasteiger partial charge on any atom is -0.509 e. The number of H-pyrrole nitrogens is 2. The largest absolute Gasteiger partial charge is 0.509 e. The van der Waals surface area contributed by atoms with E-state index in [1.54, 1.807) is 18.4 Å². The van der Waals surface area contributed by atoms with Crippen molar-refractivity contribution in [1.82, 2.24) is 14.8 Å². The first-order valence-electron chi connectivity index (χ1n) is 6.98. The lowest BCUT2D eigenvalue weighted by Gasteiger charge is -2.26. The zero-order chi connectivity index (χ0) is 16.9. The van der Waals surface area contributed by atoms with E-state index in [2.05, 4.69) is 10.2 Å². The summed E-state index contributed by atoms with van der Waals surface area (Å²) in [7, 11) is 0. The molecule has 0 saturated heterocycles. The predicted molar refractivity (Wildman–Crippen MR) is 91.5 cm³/mol. The van der Waals surface area contributed by atoms with Gasteiger partial charge in [0.1, 0.15) is 11.5 Å². The number of carbonyl (C=O) groups is 1. The molecule has 2 aromatic rings. The van der Waals surface area contributed by atoms with Crippen LogP contribution >= 0.6 is 24.4 Å². The van der Waals surface area contributed by atoms with Crippen LogP contribution in [0.5, 0.6) is 0 Å². The Balaban J connectivity index is 2.03. The van der Waals surface area contributed by atoms with Crippen LogP contribution in [-0.4, -0.2) is 25.7 Å². The standard InChI is InChI=1S/C15H16N4O2S2/c1-15(2)9(11(20)10(16)12(15)21)7-3-5-8(6-4-7)19-13(22)17-18-14(19)23/h3-6,9,21H,16H2,1-2H3,(H,17,22)(H,18,23). The number of allylic oxidation sites excluding steroid dienone is 2. The summed E-state index contributed by atoms with van der Waals surface area (Å²) in [6, 6.07) is 7.32. The minimum absolute atomic E-state index is 0.0492. The summed E-state index contributed by atoms with van der Waals surface area (Å²) in [6.45, 7) is 3.61. The zero-order valence-corrected chi connectivity index (χ0v) is 14.2. The first-order valence-corrected chi connectivity index (χ1v) is 7.80. The number of nitrogens with zero attached hydrogens (tertiary/aromatic N) is 1. The molecule has 8 heteroatoms. The SMILES string of the molecule is CC1(C)C(O)=C(N)C(=O)C1c1ccc(-n2c(=S)[nH][nH]c2=S)cc1. The lowest BCUT2D eigenvalue weighted by atomic mass is 9.76. The number of rotatable bonds is 2. The quantitative estimate of drug-likeness (QED) is 0.625. The molecule has 0 spiro atoms. The highest BCUT2D eigenvalue weighted by atomic mass is 32.1. The second-order valence-electron chi connectivity index (χ2n) is 6.07. The first kappa shape index (κ1) is 15.7. The molecule has 0 saturated carbocycles. The van der Waals surface area contributed by atoms with E-state index < -0.39 is 11.3 Å². The average molecular weight is 348 g/mol. The van der Waals surface area contributed by atoms with Gasteiger partial charge in [-0.15, -0.1) is 0 Å². The Bertz CT molecular complexity index is 904. The van der Waals surface area contributed by atoms with E-state index in [9.17, 15) is 9.90 Å². The second kappa shape index (κ2) is 5.17. The molecule has 1 unspecified atom stereocenters. The van der Waals surface area contributed by atoms with Crippen molar-refractivity contribution in [2.24, 2.45) is 11.1 Å². The number of hydrogen-bond donors (Lipinski definition) is 4. The Morgan fingerprint density at radius 2 is 1.70 bits per heavy atom. The fraction of sp³-hybridized carbons (Fsp3) is 0.267. The van der Waals surface area contributed by atoms with Crippen LogP contribution in [0.15, 0.2) is 35.7 Å². The smallest absolute Gasteiger partial charge is 0.198 e. The second-order valence-corrected chi connectivity index (χ2v) is 6.84. The Labute approximate surface area is 142 Å². The molecule has 0 amide bonds. The van der Waals surface area contributed by atoms with Crippen LogP contribution in [0.25, 0.3) is 5.69 Å².